The normalized spacial score (nSPS) is 12.2. The predicted molar refractivity (Wildman–Crippen MR) is 111 cm³/mol. The molecule has 2 heterocycles. The van der Waals surface area contributed by atoms with Gasteiger partial charge in [-0.15, -0.1) is 10.2 Å². The van der Waals surface area contributed by atoms with Crippen LogP contribution in [0.15, 0.2) is 53.7 Å². The van der Waals surface area contributed by atoms with Gasteiger partial charge in [-0.25, -0.2) is 4.98 Å². The number of nitro groups is 1. The molecule has 4 aromatic rings. The number of thioether (sulfide) groups is 1. The van der Waals surface area contributed by atoms with E-state index in [-0.39, 0.29) is 11.6 Å². The third-order valence-electron chi connectivity index (χ3n) is 4.48. The van der Waals surface area contributed by atoms with E-state index in [1.807, 2.05) is 35.9 Å². The first-order valence-electron chi connectivity index (χ1n) is 8.74. The lowest BCUT2D eigenvalue weighted by molar-refractivity contribution is -0.384. The second-order valence-corrected chi connectivity index (χ2v) is 7.70. The molecule has 146 valence electrons. The topological polar surface area (TPSA) is 116 Å². The summed E-state index contributed by atoms with van der Waals surface area (Å²) in [4.78, 5) is 27.3. The van der Waals surface area contributed by atoms with Crippen LogP contribution < -0.4 is 5.32 Å². The fourth-order valence-electron chi connectivity index (χ4n) is 2.96. The first kappa shape index (κ1) is 18.8. The number of carbonyl (C=O) groups excluding carboxylic acids is 1. The minimum absolute atomic E-state index is 0.0341. The minimum atomic E-state index is -0.489. The van der Waals surface area contributed by atoms with Crippen LogP contribution >= 0.6 is 11.8 Å². The van der Waals surface area contributed by atoms with Gasteiger partial charge in [-0.2, -0.15) is 0 Å². The Balaban J connectivity index is 1.51. The average Bonchev–Trinajstić information content (AvgIpc) is 3.00. The molecule has 0 saturated heterocycles. The van der Waals surface area contributed by atoms with Crippen molar-refractivity contribution >= 4 is 51.1 Å². The second-order valence-electron chi connectivity index (χ2n) is 6.40. The van der Waals surface area contributed by atoms with Crippen molar-refractivity contribution < 1.29 is 9.72 Å². The number of hydrogen-bond acceptors (Lipinski definition) is 7. The zero-order valence-electron chi connectivity index (χ0n) is 15.6. The molecule has 9 nitrogen and oxygen atoms in total. The quantitative estimate of drug-likeness (QED) is 0.305. The van der Waals surface area contributed by atoms with Gasteiger partial charge in [0.15, 0.2) is 5.65 Å². The number of nitrogens with zero attached hydrogens (tertiary/aromatic N) is 5. The monoisotopic (exact) mass is 408 g/mol. The Morgan fingerprint density at radius 2 is 1.90 bits per heavy atom. The molecule has 1 N–H and O–H groups in total. The van der Waals surface area contributed by atoms with Crippen LogP contribution in [0.2, 0.25) is 0 Å². The third-order valence-corrected chi connectivity index (χ3v) is 5.44. The Morgan fingerprint density at radius 3 is 2.62 bits per heavy atom. The highest BCUT2D eigenvalue weighted by Crippen LogP contribution is 2.27. The highest BCUT2D eigenvalue weighted by molar-refractivity contribution is 8.00. The maximum Gasteiger partial charge on any atom is 0.269 e. The first-order chi connectivity index (χ1) is 13.9. The van der Waals surface area contributed by atoms with Gasteiger partial charge in [0.05, 0.1) is 15.7 Å². The molecule has 1 unspecified atom stereocenters. The molecule has 4 rings (SSSR count). The number of carbonyl (C=O) groups is 1. The Labute approximate surface area is 169 Å². The summed E-state index contributed by atoms with van der Waals surface area (Å²) >= 11 is 1.19. The predicted octanol–water partition coefficient (Wildman–Crippen LogP) is 3.54. The Hall–Kier alpha value is -3.53. The van der Waals surface area contributed by atoms with Crippen molar-refractivity contribution in [2.45, 2.75) is 17.3 Å². The molecular formula is C19H16N6O3S. The van der Waals surface area contributed by atoms with Gasteiger partial charge in [-0.05, 0) is 25.1 Å². The average molecular weight is 408 g/mol. The SMILES string of the molecule is CC(Sc1nnc2c3ccccc3n(C)c2n1)C(=O)Nc1ccc([N+](=O)[O-])cc1. The third kappa shape index (κ3) is 3.61. The lowest BCUT2D eigenvalue weighted by atomic mass is 10.2. The number of non-ortho nitro benzene ring substituents is 1. The number of nitrogens with one attached hydrogen (secondary N) is 1. The Kier molecular flexibility index (Phi) is 4.85. The molecule has 0 aliphatic rings. The van der Waals surface area contributed by atoms with Gasteiger partial charge >= 0.3 is 0 Å². The number of aromatic nitrogens is 4. The number of anilines is 1. The van der Waals surface area contributed by atoms with E-state index in [1.165, 1.54) is 36.0 Å². The van der Waals surface area contributed by atoms with Crippen LogP contribution in [0.4, 0.5) is 11.4 Å². The molecule has 0 bridgehead atoms. The maximum absolute atomic E-state index is 12.5. The summed E-state index contributed by atoms with van der Waals surface area (Å²) in [5.41, 5.74) is 2.88. The summed E-state index contributed by atoms with van der Waals surface area (Å²) in [5.74, 6) is -0.260. The summed E-state index contributed by atoms with van der Waals surface area (Å²) in [5, 5.41) is 22.8. The number of nitro benzene ring substituents is 1. The van der Waals surface area contributed by atoms with Crippen LogP contribution in [-0.4, -0.2) is 35.8 Å². The van der Waals surface area contributed by atoms with E-state index >= 15 is 0 Å². The molecule has 2 aromatic carbocycles. The van der Waals surface area contributed by atoms with E-state index in [9.17, 15) is 14.9 Å². The van der Waals surface area contributed by atoms with E-state index in [4.69, 9.17) is 0 Å². The summed E-state index contributed by atoms with van der Waals surface area (Å²) in [6.07, 6.45) is 0. The molecule has 0 radical (unpaired) electrons. The van der Waals surface area contributed by atoms with Gasteiger partial charge in [-0.3, -0.25) is 14.9 Å². The fourth-order valence-corrected chi connectivity index (χ4v) is 3.67. The molecule has 2 aromatic heterocycles. The van der Waals surface area contributed by atoms with E-state index < -0.39 is 10.2 Å². The lowest BCUT2D eigenvalue weighted by Crippen LogP contribution is -2.22. The van der Waals surface area contributed by atoms with Crippen molar-refractivity contribution in [3.8, 4) is 0 Å². The van der Waals surface area contributed by atoms with Crippen LogP contribution in [0.1, 0.15) is 6.92 Å². The fraction of sp³-hybridized carbons (Fsp3) is 0.158. The van der Waals surface area contributed by atoms with Crippen molar-refractivity contribution in [3.05, 3.63) is 58.6 Å². The van der Waals surface area contributed by atoms with Crippen LogP contribution in [0.25, 0.3) is 22.1 Å². The number of para-hydroxylation sites is 1. The van der Waals surface area contributed by atoms with Gasteiger partial charge in [0.1, 0.15) is 5.52 Å². The van der Waals surface area contributed by atoms with Gasteiger partial charge in [0.2, 0.25) is 11.1 Å². The van der Waals surface area contributed by atoms with Gasteiger partial charge < -0.3 is 9.88 Å². The number of aryl methyl sites for hydroxylation is 1. The number of rotatable bonds is 5. The van der Waals surface area contributed by atoms with Crippen LogP contribution in [-0.2, 0) is 11.8 Å². The van der Waals surface area contributed by atoms with E-state index in [0.717, 1.165) is 16.4 Å². The van der Waals surface area contributed by atoms with Crippen LogP contribution in [0.3, 0.4) is 0 Å². The summed E-state index contributed by atoms with van der Waals surface area (Å²) < 4.78 is 1.95. The zero-order valence-corrected chi connectivity index (χ0v) is 16.4. The van der Waals surface area contributed by atoms with Crippen molar-refractivity contribution in [2.75, 3.05) is 5.32 Å². The molecule has 0 spiro atoms. The number of amides is 1. The molecule has 0 saturated carbocycles. The van der Waals surface area contributed by atoms with Gasteiger partial charge in [0, 0.05) is 30.3 Å². The van der Waals surface area contributed by atoms with Crippen LogP contribution in [0.5, 0.6) is 0 Å². The highest BCUT2D eigenvalue weighted by Gasteiger charge is 2.19. The molecule has 0 aliphatic heterocycles. The molecule has 0 aliphatic carbocycles. The van der Waals surface area contributed by atoms with Crippen molar-refractivity contribution in [2.24, 2.45) is 7.05 Å². The second kappa shape index (κ2) is 7.47. The first-order valence-corrected chi connectivity index (χ1v) is 9.62. The van der Waals surface area contributed by atoms with Crippen LogP contribution in [0, 0.1) is 10.1 Å². The molecule has 1 atom stereocenters. The number of hydrogen-bond donors (Lipinski definition) is 1. The van der Waals surface area contributed by atoms with Crippen molar-refractivity contribution in [3.63, 3.8) is 0 Å². The molecule has 0 fully saturated rings. The molecule has 29 heavy (non-hydrogen) atoms. The lowest BCUT2D eigenvalue weighted by Gasteiger charge is -2.10. The smallest absolute Gasteiger partial charge is 0.269 e. The molecular weight excluding hydrogens is 392 g/mol. The zero-order chi connectivity index (χ0) is 20.5. The molecule has 10 heteroatoms. The highest BCUT2D eigenvalue weighted by atomic mass is 32.2. The summed E-state index contributed by atoms with van der Waals surface area (Å²) in [7, 11) is 1.92. The minimum Gasteiger partial charge on any atom is -0.327 e. The van der Waals surface area contributed by atoms with Gasteiger partial charge in [0.25, 0.3) is 5.69 Å². The number of fused-ring (bicyclic) bond motifs is 3. The van der Waals surface area contributed by atoms with Gasteiger partial charge in [-0.1, -0.05) is 30.0 Å². The number of benzene rings is 2. The van der Waals surface area contributed by atoms with E-state index in [2.05, 4.69) is 20.5 Å². The Morgan fingerprint density at radius 1 is 1.17 bits per heavy atom. The summed E-state index contributed by atoms with van der Waals surface area (Å²) in [6, 6.07) is 13.5. The summed E-state index contributed by atoms with van der Waals surface area (Å²) in [6.45, 7) is 1.74. The van der Waals surface area contributed by atoms with Crippen molar-refractivity contribution in [1.82, 2.24) is 19.7 Å². The maximum atomic E-state index is 12.5. The largest absolute Gasteiger partial charge is 0.327 e. The molecule has 1 amide bonds. The van der Waals surface area contributed by atoms with E-state index in [1.54, 1.807) is 6.92 Å². The van der Waals surface area contributed by atoms with Crippen molar-refractivity contribution in [1.29, 1.82) is 0 Å². The standard InChI is InChI=1S/C19H16N6O3S/c1-11(18(26)20-12-7-9-13(10-8-12)25(27)28)29-19-21-17-16(22-23-19)14-5-3-4-6-15(14)24(17)2/h3-11H,1-2H3,(H,20,26). The Bertz CT molecular complexity index is 1240. The van der Waals surface area contributed by atoms with E-state index in [0.29, 0.717) is 16.5 Å².